The maximum absolute atomic E-state index is 14.5. The van der Waals surface area contributed by atoms with Crippen molar-refractivity contribution in [2.75, 3.05) is 6.54 Å². The van der Waals surface area contributed by atoms with Gasteiger partial charge in [0.05, 0.1) is 18.2 Å². The lowest BCUT2D eigenvalue weighted by molar-refractivity contribution is -0.0876. The molecule has 2 N–H and O–H groups in total. The highest BCUT2D eigenvalue weighted by Gasteiger charge is 2.58. The van der Waals surface area contributed by atoms with Gasteiger partial charge in [0.1, 0.15) is 6.10 Å². The quantitative estimate of drug-likeness (QED) is 0.209. The van der Waals surface area contributed by atoms with Crippen molar-refractivity contribution < 1.29 is 24.5 Å². The van der Waals surface area contributed by atoms with E-state index in [4.69, 9.17) is 4.74 Å². The van der Waals surface area contributed by atoms with Crippen molar-refractivity contribution in [2.45, 2.75) is 161 Å². The van der Waals surface area contributed by atoms with Gasteiger partial charge in [0.25, 0.3) is 0 Å². The van der Waals surface area contributed by atoms with Gasteiger partial charge in [-0.3, -0.25) is 4.79 Å². The lowest BCUT2D eigenvalue weighted by Gasteiger charge is -2.46. The van der Waals surface area contributed by atoms with Crippen molar-refractivity contribution >= 4 is 11.9 Å². The lowest BCUT2D eigenvalue weighted by Crippen LogP contribution is -2.54. The number of aliphatic hydroxyl groups excluding tert-OH is 1. The number of fused-ring (bicyclic) bond motifs is 8. The standard InChI is InChI=1S/C47H67NO5/c1-32(2)39-22-19-34(4)27-43(39)53-45(51)48(30-35-14-8-6-9-15-35)31-47(52)26-24-42-40-23-20-36(29-41(40)44(50)37-16-10-7-11-17-37)28-38(49)21-18-33(3)13-12-25-46(42,47)5/h6,8-9,13-15,20,23,29,32,34,37-39,42-43,49,52H,7,10-12,16-19,21-22,24-28,30-31H2,1-5H3/t34-,38-,39+,42-,43-,46-,47+/m0/s1. The molecule has 6 nitrogen and oxygen atoms in total. The minimum Gasteiger partial charge on any atom is -0.446 e. The van der Waals surface area contributed by atoms with E-state index in [1.54, 1.807) is 4.90 Å². The molecule has 3 saturated carbocycles. The molecule has 290 valence electrons. The van der Waals surface area contributed by atoms with Gasteiger partial charge in [-0.05, 0) is 124 Å². The molecule has 0 spiro atoms. The van der Waals surface area contributed by atoms with Crippen LogP contribution in [0.1, 0.15) is 157 Å². The van der Waals surface area contributed by atoms with E-state index < -0.39 is 17.1 Å². The molecule has 3 fully saturated rings. The highest BCUT2D eigenvalue weighted by atomic mass is 16.6. The number of ketones is 1. The summed E-state index contributed by atoms with van der Waals surface area (Å²) in [4.78, 5) is 30.7. The Labute approximate surface area is 319 Å². The Hall–Kier alpha value is -2.96. The van der Waals surface area contributed by atoms with Gasteiger partial charge in [-0.2, -0.15) is 0 Å². The van der Waals surface area contributed by atoms with Crippen LogP contribution in [0.2, 0.25) is 0 Å². The summed E-state index contributed by atoms with van der Waals surface area (Å²) in [5.41, 5.74) is 3.25. The van der Waals surface area contributed by atoms with Crippen molar-refractivity contribution in [1.82, 2.24) is 4.90 Å². The smallest absolute Gasteiger partial charge is 0.410 e. The number of amides is 1. The van der Waals surface area contributed by atoms with Crippen LogP contribution in [0, 0.1) is 29.1 Å². The van der Waals surface area contributed by atoms with E-state index in [-0.39, 0.29) is 36.4 Å². The molecule has 0 radical (unpaired) electrons. The number of nitrogens with zero attached hydrogens (tertiary/aromatic N) is 1. The van der Waals surface area contributed by atoms with E-state index in [2.05, 4.69) is 58.9 Å². The van der Waals surface area contributed by atoms with Crippen LogP contribution in [0.3, 0.4) is 0 Å². The molecule has 5 aliphatic rings. The number of Topliss-reactive ketones (excluding diaryl/α,β-unsaturated/α-hetero) is 1. The number of hydrogen-bond acceptors (Lipinski definition) is 5. The van der Waals surface area contributed by atoms with Crippen molar-refractivity contribution in [3.8, 4) is 0 Å². The highest BCUT2D eigenvalue weighted by Crippen LogP contribution is 2.59. The predicted octanol–water partition coefficient (Wildman–Crippen LogP) is 10.6. The van der Waals surface area contributed by atoms with Gasteiger partial charge >= 0.3 is 6.09 Å². The molecule has 1 amide bonds. The Bertz CT molecular complexity index is 1580. The third-order valence-electron chi connectivity index (χ3n) is 14.1. The minimum atomic E-state index is -1.21. The fourth-order valence-corrected chi connectivity index (χ4v) is 10.6. The van der Waals surface area contributed by atoms with Crippen LogP contribution in [-0.4, -0.2) is 51.3 Å². The van der Waals surface area contributed by atoms with Crippen molar-refractivity contribution in [1.29, 1.82) is 0 Å². The number of carbonyl (C=O) groups excluding carboxylic acids is 2. The second kappa shape index (κ2) is 17.2. The molecule has 0 unspecified atom stereocenters. The molecule has 5 aliphatic carbocycles. The number of benzene rings is 2. The molecule has 0 saturated heterocycles. The highest BCUT2D eigenvalue weighted by molar-refractivity contribution is 5.99. The summed E-state index contributed by atoms with van der Waals surface area (Å²) in [5.74, 6) is 1.43. The average Bonchev–Trinajstić information content (AvgIpc) is 3.39. The Morgan fingerprint density at radius 3 is 2.45 bits per heavy atom. The Balaban J connectivity index is 1.37. The summed E-state index contributed by atoms with van der Waals surface area (Å²) in [5, 5.41) is 24.2. The molecule has 0 aliphatic heterocycles. The first-order valence-electron chi connectivity index (χ1n) is 21.1. The third-order valence-corrected chi connectivity index (χ3v) is 14.1. The fraction of sp³-hybridized carbons (Fsp3) is 0.660. The van der Waals surface area contributed by atoms with Crippen LogP contribution in [-0.2, 0) is 17.7 Å². The van der Waals surface area contributed by atoms with E-state index in [1.165, 1.54) is 12.0 Å². The number of allylic oxidation sites excluding steroid dienone is 2. The molecule has 2 aromatic carbocycles. The Morgan fingerprint density at radius 1 is 0.962 bits per heavy atom. The SMILES string of the molecule is CC1=CCC[C@@]2(C)[C@@H](CC[C@@]2(O)CN(Cc2ccccc2)C(=O)O[C@H]2C[C@@H](C)CC[C@@H]2C(C)C)c2ccc(cc2C(=O)C2CCCCC2)C[C@@H](O)CC1. The predicted molar refractivity (Wildman–Crippen MR) is 213 cm³/mol. The van der Waals surface area contributed by atoms with Gasteiger partial charge in [-0.25, -0.2) is 4.79 Å². The monoisotopic (exact) mass is 726 g/mol. The maximum Gasteiger partial charge on any atom is 0.410 e. The van der Waals surface area contributed by atoms with Crippen LogP contribution in [0.5, 0.6) is 0 Å². The molecule has 0 aromatic heterocycles. The summed E-state index contributed by atoms with van der Waals surface area (Å²) in [6.45, 7) is 11.6. The molecule has 6 heteroatoms. The second-order valence-electron chi connectivity index (χ2n) is 18.2. The van der Waals surface area contributed by atoms with E-state index >= 15 is 0 Å². The maximum atomic E-state index is 14.5. The normalized spacial score (nSPS) is 31.4. The van der Waals surface area contributed by atoms with Crippen LogP contribution >= 0.6 is 0 Å². The van der Waals surface area contributed by atoms with Gasteiger partial charge in [-0.15, -0.1) is 0 Å². The molecular weight excluding hydrogens is 659 g/mol. The molecule has 0 heterocycles. The van der Waals surface area contributed by atoms with Gasteiger partial charge in [0, 0.05) is 23.4 Å². The van der Waals surface area contributed by atoms with Crippen LogP contribution in [0.25, 0.3) is 0 Å². The van der Waals surface area contributed by atoms with E-state index in [9.17, 15) is 19.8 Å². The fourth-order valence-electron chi connectivity index (χ4n) is 10.6. The van der Waals surface area contributed by atoms with Crippen LogP contribution in [0.15, 0.2) is 60.2 Å². The number of carbonyl (C=O) groups is 2. The number of rotatable bonds is 8. The minimum absolute atomic E-state index is 0.0204. The molecule has 53 heavy (non-hydrogen) atoms. The second-order valence-corrected chi connectivity index (χ2v) is 18.2. The largest absolute Gasteiger partial charge is 0.446 e. The summed E-state index contributed by atoms with van der Waals surface area (Å²) >= 11 is 0. The summed E-state index contributed by atoms with van der Waals surface area (Å²) in [7, 11) is 0. The first kappa shape index (κ1) is 39.7. The van der Waals surface area contributed by atoms with Crippen LogP contribution in [0.4, 0.5) is 4.79 Å². The summed E-state index contributed by atoms with van der Waals surface area (Å²) in [6, 6.07) is 16.4. The van der Waals surface area contributed by atoms with Crippen molar-refractivity contribution in [2.24, 2.45) is 29.1 Å². The van der Waals surface area contributed by atoms with Gasteiger partial charge in [0.2, 0.25) is 0 Å². The number of ether oxygens (including phenoxy) is 1. The molecular formula is C47H67NO5. The molecule has 7 atom stereocenters. The average molecular weight is 726 g/mol. The van der Waals surface area contributed by atoms with Crippen molar-refractivity contribution in [3.05, 3.63) is 82.4 Å². The first-order valence-corrected chi connectivity index (χ1v) is 21.1. The molecule has 2 bridgehead atoms. The third kappa shape index (κ3) is 9.13. The van der Waals surface area contributed by atoms with E-state index in [0.29, 0.717) is 43.6 Å². The van der Waals surface area contributed by atoms with Gasteiger partial charge < -0.3 is 19.8 Å². The zero-order chi connectivity index (χ0) is 37.8. The summed E-state index contributed by atoms with van der Waals surface area (Å²) < 4.78 is 6.49. The van der Waals surface area contributed by atoms with Gasteiger partial charge in [0.15, 0.2) is 5.78 Å². The topological polar surface area (TPSA) is 87.1 Å². The zero-order valence-corrected chi connectivity index (χ0v) is 33.3. The number of aliphatic hydroxyl groups is 2. The van der Waals surface area contributed by atoms with E-state index in [1.807, 2.05) is 30.3 Å². The summed E-state index contributed by atoms with van der Waals surface area (Å²) in [6.07, 6.45) is 14.4. The Kier molecular flexibility index (Phi) is 12.9. The Morgan fingerprint density at radius 2 is 1.72 bits per heavy atom. The van der Waals surface area contributed by atoms with E-state index in [0.717, 1.165) is 92.9 Å². The zero-order valence-electron chi connectivity index (χ0n) is 33.3. The number of hydrogen-bond donors (Lipinski definition) is 2. The molecule has 7 rings (SSSR count). The van der Waals surface area contributed by atoms with Crippen molar-refractivity contribution in [3.63, 3.8) is 0 Å². The molecule has 2 aromatic rings. The lowest BCUT2D eigenvalue weighted by atomic mass is 9.64. The van der Waals surface area contributed by atoms with Crippen LogP contribution < -0.4 is 0 Å². The first-order chi connectivity index (χ1) is 25.4. The van der Waals surface area contributed by atoms with Gasteiger partial charge in [-0.1, -0.05) is 107 Å².